The normalized spacial score (nSPS) is 12.3. The van der Waals surface area contributed by atoms with Crippen LogP contribution in [-0.4, -0.2) is 15.1 Å². The summed E-state index contributed by atoms with van der Waals surface area (Å²) in [6.45, 7) is 3.67. The van der Waals surface area contributed by atoms with Gasteiger partial charge in [0.15, 0.2) is 5.82 Å². The van der Waals surface area contributed by atoms with Gasteiger partial charge in [-0.05, 0) is 25.3 Å². The molecule has 3 nitrogen and oxygen atoms in total. The second kappa shape index (κ2) is 7.12. The minimum Gasteiger partial charge on any atom is -0.385 e. The van der Waals surface area contributed by atoms with Crippen molar-refractivity contribution in [3.63, 3.8) is 0 Å². The molecule has 0 fully saturated rings. The van der Waals surface area contributed by atoms with Gasteiger partial charge >= 0.3 is 0 Å². The van der Waals surface area contributed by atoms with E-state index in [1.165, 1.54) is 0 Å². The lowest BCUT2D eigenvalue weighted by Crippen LogP contribution is -2.02. The van der Waals surface area contributed by atoms with Crippen molar-refractivity contribution in [2.24, 2.45) is 0 Å². The highest BCUT2D eigenvalue weighted by Crippen LogP contribution is 2.15. The molecule has 0 amide bonds. The maximum absolute atomic E-state index is 9.73. The fourth-order valence-electron chi connectivity index (χ4n) is 1.41. The first-order valence-electron chi connectivity index (χ1n) is 5.40. The molecule has 0 saturated heterocycles. The number of hydrogen-bond acceptors (Lipinski definition) is 3. The Morgan fingerprint density at radius 3 is 2.67 bits per heavy atom. The molecule has 1 unspecified atom stereocenters. The Labute approximate surface area is 90.9 Å². The highest BCUT2D eigenvalue weighted by molar-refractivity contribution is 4.92. The number of aromatic nitrogens is 2. The monoisotopic (exact) mass is 206 g/mol. The van der Waals surface area contributed by atoms with Gasteiger partial charge < -0.3 is 5.11 Å². The molecule has 0 aliphatic heterocycles. The predicted molar refractivity (Wildman–Crippen MR) is 60.3 cm³/mol. The molecule has 1 aromatic heterocycles. The van der Waals surface area contributed by atoms with Crippen LogP contribution in [0.15, 0.2) is 31.1 Å². The molecule has 1 aromatic rings. The summed E-state index contributed by atoms with van der Waals surface area (Å²) in [5.41, 5.74) is 0. The molecular weight excluding hydrogens is 188 g/mol. The lowest BCUT2D eigenvalue weighted by atomic mass is 10.1. The number of allylic oxidation sites excluding steroid dienone is 1. The molecule has 15 heavy (non-hydrogen) atoms. The van der Waals surface area contributed by atoms with E-state index >= 15 is 0 Å². The second-order valence-corrected chi connectivity index (χ2v) is 3.55. The molecule has 0 radical (unpaired) electrons. The summed E-state index contributed by atoms with van der Waals surface area (Å²) in [5, 5.41) is 9.73. The van der Waals surface area contributed by atoms with Gasteiger partial charge in [-0.2, -0.15) is 0 Å². The number of hydrogen-bond donors (Lipinski definition) is 1. The average Bonchev–Trinajstić information content (AvgIpc) is 2.30. The quantitative estimate of drug-likeness (QED) is 0.551. The van der Waals surface area contributed by atoms with Gasteiger partial charge in [0.05, 0.1) is 0 Å². The predicted octanol–water partition coefficient (Wildman–Crippen LogP) is 2.65. The smallest absolute Gasteiger partial charge is 0.156 e. The van der Waals surface area contributed by atoms with Gasteiger partial charge in [-0.3, -0.25) is 0 Å². The third kappa shape index (κ3) is 4.70. The van der Waals surface area contributed by atoms with Gasteiger partial charge in [-0.1, -0.05) is 18.9 Å². The van der Waals surface area contributed by atoms with Crippen LogP contribution in [0.2, 0.25) is 0 Å². The second-order valence-electron chi connectivity index (χ2n) is 3.55. The first kappa shape index (κ1) is 11.9. The molecule has 0 aromatic carbocycles. The lowest BCUT2D eigenvalue weighted by molar-refractivity contribution is 0.153. The Hall–Kier alpha value is -1.22. The Morgan fingerprint density at radius 2 is 2.00 bits per heavy atom. The van der Waals surface area contributed by atoms with Gasteiger partial charge in [0.25, 0.3) is 0 Å². The molecule has 0 bridgehead atoms. The van der Waals surface area contributed by atoms with Gasteiger partial charge in [0.1, 0.15) is 6.10 Å². The van der Waals surface area contributed by atoms with E-state index < -0.39 is 6.10 Å². The van der Waals surface area contributed by atoms with E-state index in [4.69, 9.17) is 0 Å². The van der Waals surface area contributed by atoms with E-state index in [0.717, 1.165) is 32.1 Å². The summed E-state index contributed by atoms with van der Waals surface area (Å²) < 4.78 is 0. The summed E-state index contributed by atoms with van der Waals surface area (Å²) >= 11 is 0. The van der Waals surface area contributed by atoms with Crippen LogP contribution in [0.1, 0.15) is 44.0 Å². The maximum atomic E-state index is 9.73. The van der Waals surface area contributed by atoms with Crippen LogP contribution in [0.4, 0.5) is 0 Å². The molecule has 1 atom stereocenters. The third-order valence-electron chi connectivity index (χ3n) is 2.27. The van der Waals surface area contributed by atoms with Crippen LogP contribution in [-0.2, 0) is 0 Å². The van der Waals surface area contributed by atoms with E-state index in [9.17, 15) is 5.11 Å². The van der Waals surface area contributed by atoms with Crippen LogP contribution < -0.4 is 0 Å². The zero-order valence-corrected chi connectivity index (χ0v) is 8.97. The van der Waals surface area contributed by atoms with Crippen molar-refractivity contribution < 1.29 is 5.11 Å². The van der Waals surface area contributed by atoms with Gasteiger partial charge in [-0.15, -0.1) is 6.58 Å². The standard InChI is InChI=1S/C12H18N2O/c1-2-3-4-5-6-8-11(15)12-13-9-7-10-14-12/h2,7,9-11,15H,1,3-6,8H2. The van der Waals surface area contributed by atoms with Gasteiger partial charge in [0, 0.05) is 12.4 Å². The lowest BCUT2D eigenvalue weighted by Gasteiger charge is -2.07. The zero-order chi connectivity index (χ0) is 10.9. The van der Waals surface area contributed by atoms with Crippen LogP contribution in [0, 0.1) is 0 Å². The molecule has 0 saturated carbocycles. The summed E-state index contributed by atoms with van der Waals surface area (Å²) in [6.07, 6.45) is 9.78. The maximum Gasteiger partial charge on any atom is 0.156 e. The highest BCUT2D eigenvalue weighted by atomic mass is 16.3. The number of aliphatic hydroxyl groups is 1. The van der Waals surface area contributed by atoms with E-state index in [1.54, 1.807) is 18.5 Å². The van der Waals surface area contributed by atoms with Crippen molar-refractivity contribution >= 4 is 0 Å². The van der Waals surface area contributed by atoms with Crippen molar-refractivity contribution in [3.8, 4) is 0 Å². The average molecular weight is 206 g/mol. The Bertz CT molecular complexity index is 274. The van der Waals surface area contributed by atoms with E-state index in [1.807, 2.05) is 6.08 Å². The summed E-state index contributed by atoms with van der Waals surface area (Å²) in [5.74, 6) is 0.529. The minimum absolute atomic E-state index is 0.519. The Balaban J connectivity index is 2.19. The molecule has 1 heterocycles. The number of nitrogens with zero attached hydrogens (tertiary/aromatic N) is 2. The molecule has 0 spiro atoms. The molecule has 1 rings (SSSR count). The summed E-state index contributed by atoms with van der Waals surface area (Å²) in [4.78, 5) is 8.03. The number of rotatable bonds is 7. The zero-order valence-electron chi connectivity index (χ0n) is 8.97. The first-order chi connectivity index (χ1) is 7.34. The molecule has 82 valence electrons. The Morgan fingerprint density at radius 1 is 1.27 bits per heavy atom. The molecule has 1 N–H and O–H groups in total. The van der Waals surface area contributed by atoms with Crippen LogP contribution in [0.5, 0.6) is 0 Å². The largest absolute Gasteiger partial charge is 0.385 e. The van der Waals surface area contributed by atoms with Gasteiger partial charge in [-0.25, -0.2) is 9.97 Å². The first-order valence-corrected chi connectivity index (χ1v) is 5.40. The molecular formula is C12H18N2O. The van der Waals surface area contributed by atoms with Crippen molar-refractivity contribution in [2.75, 3.05) is 0 Å². The fraction of sp³-hybridized carbons (Fsp3) is 0.500. The van der Waals surface area contributed by atoms with Crippen molar-refractivity contribution in [2.45, 2.75) is 38.2 Å². The third-order valence-corrected chi connectivity index (χ3v) is 2.27. The van der Waals surface area contributed by atoms with E-state index in [0.29, 0.717) is 5.82 Å². The fourth-order valence-corrected chi connectivity index (χ4v) is 1.41. The number of unbranched alkanes of at least 4 members (excludes halogenated alkanes) is 3. The highest BCUT2D eigenvalue weighted by Gasteiger charge is 2.08. The summed E-state index contributed by atoms with van der Waals surface area (Å²) in [7, 11) is 0. The SMILES string of the molecule is C=CCCCCCC(O)c1ncccn1. The number of aliphatic hydroxyl groups excluding tert-OH is 1. The van der Waals surface area contributed by atoms with E-state index in [-0.39, 0.29) is 0 Å². The Kier molecular flexibility index (Phi) is 5.63. The minimum atomic E-state index is -0.519. The molecule has 0 aliphatic carbocycles. The van der Waals surface area contributed by atoms with Crippen LogP contribution in [0.3, 0.4) is 0 Å². The summed E-state index contributed by atoms with van der Waals surface area (Å²) in [6, 6.07) is 1.75. The van der Waals surface area contributed by atoms with Crippen LogP contribution >= 0.6 is 0 Å². The van der Waals surface area contributed by atoms with E-state index in [2.05, 4.69) is 16.5 Å². The van der Waals surface area contributed by atoms with Gasteiger partial charge in [0.2, 0.25) is 0 Å². The van der Waals surface area contributed by atoms with Crippen LogP contribution in [0.25, 0.3) is 0 Å². The molecule has 0 aliphatic rings. The van der Waals surface area contributed by atoms with Crippen molar-refractivity contribution in [3.05, 3.63) is 36.9 Å². The van der Waals surface area contributed by atoms with Crippen molar-refractivity contribution in [1.82, 2.24) is 9.97 Å². The topological polar surface area (TPSA) is 46.0 Å². The molecule has 3 heteroatoms. The van der Waals surface area contributed by atoms with Crippen molar-refractivity contribution in [1.29, 1.82) is 0 Å².